The van der Waals surface area contributed by atoms with E-state index in [-0.39, 0.29) is 0 Å². The SMILES string of the molecule is CCCCC(CC)Nc1nncs1. The zero-order chi connectivity index (χ0) is 9.52. The van der Waals surface area contributed by atoms with Gasteiger partial charge < -0.3 is 5.32 Å². The van der Waals surface area contributed by atoms with Crippen molar-refractivity contribution in [3.05, 3.63) is 5.51 Å². The van der Waals surface area contributed by atoms with E-state index in [1.165, 1.54) is 19.3 Å². The highest BCUT2D eigenvalue weighted by Gasteiger charge is 2.06. The number of aromatic nitrogens is 2. The summed E-state index contributed by atoms with van der Waals surface area (Å²) in [5.41, 5.74) is 1.76. The number of hydrogen-bond acceptors (Lipinski definition) is 4. The van der Waals surface area contributed by atoms with E-state index in [0.717, 1.165) is 11.6 Å². The van der Waals surface area contributed by atoms with Crippen molar-refractivity contribution in [2.45, 2.75) is 45.6 Å². The zero-order valence-electron chi connectivity index (χ0n) is 8.29. The second kappa shape index (κ2) is 5.91. The number of anilines is 1. The molecule has 1 unspecified atom stereocenters. The zero-order valence-corrected chi connectivity index (χ0v) is 9.10. The van der Waals surface area contributed by atoms with E-state index >= 15 is 0 Å². The Kier molecular flexibility index (Phi) is 4.75. The summed E-state index contributed by atoms with van der Waals surface area (Å²) in [7, 11) is 0. The Morgan fingerprint density at radius 3 is 2.92 bits per heavy atom. The quantitative estimate of drug-likeness (QED) is 0.765. The molecule has 1 rings (SSSR count). The van der Waals surface area contributed by atoms with Crippen LogP contribution < -0.4 is 5.32 Å². The highest BCUT2D eigenvalue weighted by molar-refractivity contribution is 7.13. The Balaban J connectivity index is 2.31. The summed E-state index contributed by atoms with van der Waals surface area (Å²) < 4.78 is 0. The van der Waals surface area contributed by atoms with Crippen molar-refractivity contribution in [1.82, 2.24) is 10.2 Å². The van der Waals surface area contributed by atoms with Crippen molar-refractivity contribution >= 4 is 16.5 Å². The maximum atomic E-state index is 3.97. The highest BCUT2D eigenvalue weighted by Crippen LogP contribution is 2.14. The number of nitrogens with one attached hydrogen (secondary N) is 1. The summed E-state index contributed by atoms with van der Waals surface area (Å²) in [6.07, 6.45) is 4.92. The van der Waals surface area contributed by atoms with E-state index in [0.29, 0.717) is 6.04 Å². The Labute approximate surface area is 83.6 Å². The average Bonchev–Trinajstić information content (AvgIpc) is 2.64. The van der Waals surface area contributed by atoms with E-state index < -0.39 is 0 Å². The molecule has 1 atom stereocenters. The fourth-order valence-electron chi connectivity index (χ4n) is 1.24. The third kappa shape index (κ3) is 3.72. The van der Waals surface area contributed by atoms with Gasteiger partial charge in [0.2, 0.25) is 5.13 Å². The van der Waals surface area contributed by atoms with Crippen LogP contribution in [0.3, 0.4) is 0 Å². The number of nitrogens with zero attached hydrogens (tertiary/aromatic N) is 2. The molecule has 0 radical (unpaired) electrons. The summed E-state index contributed by atoms with van der Waals surface area (Å²) in [5.74, 6) is 0. The third-order valence-corrected chi connectivity index (χ3v) is 2.71. The van der Waals surface area contributed by atoms with E-state index in [9.17, 15) is 0 Å². The van der Waals surface area contributed by atoms with Gasteiger partial charge in [-0.2, -0.15) is 0 Å². The predicted molar refractivity (Wildman–Crippen MR) is 57.1 cm³/mol. The molecular weight excluding hydrogens is 182 g/mol. The van der Waals surface area contributed by atoms with Crippen molar-refractivity contribution in [3.63, 3.8) is 0 Å². The molecule has 0 aromatic carbocycles. The monoisotopic (exact) mass is 199 g/mol. The minimum Gasteiger partial charge on any atom is -0.357 e. The van der Waals surface area contributed by atoms with Crippen molar-refractivity contribution in [2.24, 2.45) is 0 Å². The lowest BCUT2D eigenvalue weighted by Crippen LogP contribution is -2.17. The molecule has 1 aromatic heterocycles. The van der Waals surface area contributed by atoms with Gasteiger partial charge in [0.25, 0.3) is 0 Å². The molecule has 0 fully saturated rings. The fraction of sp³-hybridized carbons (Fsp3) is 0.778. The molecule has 0 aliphatic carbocycles. The van der Waals surface area contributed by atoms with Crippen molar-refractivity contribution in [1.29, 1.82) is 0 Å². The van der Waals surface area contributed by atoms with Gasteiger partial charge in [-0.05, 0) is 12.8 Å². The van der Waals surface area contributed by atoms with Crippen LogP contribution >= 0.6 is 11.3 Å². The first kappa shape index (κ1) is 10.4. The van der Waals surface area contributed by atoms with Gasteiger partial charge in [-0.25, -0.2) is 0 Å². The van der Waals surface area contributed by atoms with Crippen LogP contribution in [0.5, 0.6) is 0 Å². The van der Waals surface area contributed by atoms with Gasteiger partial charge in [-0.15, -0.1) is 10.2 Å². The van der Waals surface area contributed by atoms with E-state index in [4.69, 9.17) is 0 Å². The van der Waals surface area contributed by atoms with Crippen LogP contribution in [0.1, 0.15) is 39.5 Å². The molecule has 3 nitrogen and oxygen atoms in total. The summed E-state index contributed by atoms with van der Waals surface area (Å²) in [5, 5.41) is 12.1. The van der Waals surface area contributed by atoms with Gasteiger partial charge in [0.1, 0.15) is 5.51 Å². The van der Waals surface area contributed by atoms with Crippen LogP contribution in [-0.2, 0) is 0 Å². The van der Waals surface area contributed by atoms with Crippen LogP contribution in [0.2, 0.25) is 0 Å². The first-order valence-corrected chi connectivity index (χ1v) is 5.77. The molecule has 0 amide bonds. The van der Waals surface area contributed by atoms with Gasteiger partial charge >= 0.3 is 0 Å². The second-order valence-electron chi connectivity index (χ2n) is 3.14. The largest absolute Gasteiger partial charge is 0.357 e. The molecule has 0 aliphatic heterocycles. The lowest BCUT2D eigenvalue weighted by molar-refractivity contribution is 0.592. The minimum atomic E-state index is 0.563. The van der Waals surface area contributed by atoms with E-state index in [1.807, 2.05) is 0 Å². The Morgan fingerprint density at radius 2 is 2.38 bits per heavy atom. The summed E-state index contributed by atoms with van der Waals surface area (Å²) in [6.45, 7) is 4.42. The van der Waals surface area contributed by atoms with Crippen LogP contribution in [0.15, 0.2) is 5.51 Å². The lowest BCUT2D eigenvalue weighted by atomic mass is 10.1. The second-order valence-corrected chi connectivity index (χ2v) is 3.97. The maximum Gasteiger partial charge on any atom is 0.205 e. The lowest BCUT2D eigenvalue weighted by Gasteiger charge is -2.14. The van der Waals surface area contributed by atoms with E-state index in [2.05, 4.69) is 29.4 Å². The molecule has 0 bridgehead atoms. The topological polar surface area (TPSA) is 37.8 Å². The number of rotatable bonds is 6. The van der Waals surface area contributed by atoms with Gasteiger partial charge in [0.05, 0.1) is 0 Å². The van der Waals surface area contributed by atoms with Gasteiger partial charge in [-0.3, -0.25) is 0 Å². The molecule has 1 N–H and O–H groups in total. The summed E-state index contributed by atoms with van der Waals surface area (Å²) >= 11 is 1.57. The third-order valence-electron chi connectivity index (χ3n) is 2.09. The van der Waals surface area contributed by atoms with Gasteiger partial charge in [0.15, 0.2) is 0 Å². The minimum absolute atomic E-state index is 0.563. The summed E-state index contributed by atoms with van der Waals surface area (Å²) in [6, 6.07) is 0.563. The van der Waals surface area contributed by atoms with Crippen LogP contribution in [0.4, 0.5) is 5.13 Å². The van der Waals surface area contributed by atoms with Gasteiger partial charge in [-0.1, -0.05) is 38.0 Å². The molecule has 4 heteroatoms. The molecule has 1 aromatic rings. The van der Waals surface area contributed by atoms with Crippen LogP contribution in [0.25, 0.3) is 0 Å². The van der Waals surface area contributed by atoms with E-state index in [1.54, 1.807) is 16.8 Å². The molecule has 0 saturated carbocycles. The Hall–Kier alpha value is -0.640. The van der Waals surface area contributed by atoms with Crippen molar-refractivity contribution in [2.75, 3.05) is 5.32 Å². The first-order valence-electron chi connectivity index (χ1n) is 4.89. The summed E-state index contributed by atoms with van der Waals surface area (Å²) in [4.78, 5) is 0. The molecule has 0 saturated heterocycles. The first-order chi connectivity index (χ1) is 6.36. The number of hydrogen-bond donors (Lipinski definition) is 1. The highest BCUT2D eigenvalue weighted by atomic mass is 32.1. The van der Waals surface area contributed by atoms with Crippen molar-refractivity contribution in [3.8, 4) is 0 Å². The molecular formula is C9H17N3S. The predicted octanol–water partition coefficient (Wildman–Crippen LogP) is 2.92. The molecule has 13 heavy (non-hydrogen) atoms. The van der Waals surface area contributed by atoms with Gasteiger partial charge in [0, 0.05) is 6.04 Å². The fourth-order valence-corrected chi connectivity index (χ4v) is 1.76. The molecule has 0 spiro atoms. The standard InChI is InChI=1S/C9H17N3S/c1-3-5-6-8(4-2)11-9-12-10-7-13-9/h7-8H,3-6H2,1-2H3,(H,11,12). The molecule has 0 aliphatic rings. The normalized spacial score (nSPS) is 12.8. The molecule has 1 heterocycles. The number of unbranched alkanes of at least 4 members (excludes halogenated alkanes) is 1. The molecule has 74 valence electrons. The smallest absolute Gasteiger partial charge is 0.205 e. The van der Waals surface area contributed by atoms with Crippen LogP contribution in [-0.4, -0.2) is 16.2 Å². The van der Waals surface area contributed by atoms with Crippen molar-refractivity contribution < 1.29 is 0 Å². The maximum absolute atomic E-state index is 3.97. The van der Waals surface area contributed by atoms with Crippen LogP contribution in [0, 0.1) is 0 Å². The Bertz CT molecular complexity index is 211. The average molecular weight is 199 g/mol. The Morgan fingerprint density at radius 1 is 1.54 bits per heavy atom.